The molecule has 9 heteroatoms. The fraction of sp³-hybridized carbons (Fsp3) is 0.650. The lowest BCUT2D eigenvalue weighted by atomic mass is 10.0. The molecular weight excluding hydrogens is 370 g/mol. The first-order chi connectivity index (χ1) is 14.0. The number of carbonyl (C=O) groups excluding carboxylic acids is 2. The Morgan fingerprint density at radius 2 is 1.97 bits per heavy atom. The monoisotopic (exact) mass is 399 g/mol. The number of hydrogen-bond acceptors (Lipinski definition) is 5. The molecule has 0 N–H and O–H groups in total. The molecule has 2 aliphatic rings. The molecule has 2 amide bonds. The number of piperidine rings is 1. The molecular formula is C20H29N7O2. The van der Waals surface area contributed by atoms with Gasteiger partial charge in [-0.25, -0.2) is 0 Å². The highest BCUT2D eigenvalue weighted by molar-refractivity contribution is 5.92. The first-order valence-corrected chi connectivity index (χ1v) is 10.5. The van der Waals surface area contributed by atoms with Crippen molar-refractivity contribution in [1.29, 1.82) is 0 Å². The number of carbonyl (C=O) groups is 2. The van der Waals surface area contributed by atoms with Crippen molar-refractivity contribution in [1.82, 2.24) is 34.3 Å². The van der Waals surface area contributed by atoms with E-state index in [4.69, 9.17) is 0 Å². The van der Waals surface area contributed by atoms with Crippen LogP contribution in [0.1, 0.15) is 66.5 Å². The second-order valence-electron chi connectivity index (χ2n) is 7.92. The van der Waals surface area contributed by atoms with E-state index in [1.165, 1.54) is 0 Å². The van der Waals surface area contributed by atoms with Gasteiger partial charge in [0.05, 0.1) is 6.04 Å². The van der Waals surface area contributed by atoms with Crippen molar-refractivity contribution >= 4 is 11.8 Å². The van der Waals surface area contributed by atoms with Gasteiger partial charge in [-0.05, 0) is 32.3 Å². The molecule has 156 valence electrons. The molecule has 2 aromatic rings. The van der Waals surface area contributed by atoms with Crippen LogP contribution in [0, 0.1) is 6.92 Å². The molecule has 0 bridgehead atoms. The van der Waals surface area contributed by atoms with Gasteiger partial charge < -0.3 is 14.4 Å². The average Bonchev–Trinajstić information content (AvgIpc) is 3.22. The molecule has 1 fully saturated rings. The van der Waals surface area contributed by atoms with Crippen LogP contribution in [0.15, 0.2) is 6.07 Å². The zero-order valence-electron chi connectivity index (χ0n) is 17.5. The second kappa shape index (κ2) is 7.96. The number of amides is 2. The van der Waals surface area contributed by atoms with E-state index >= 15 is 0 Å². The van der Waals surface area contributed by atoms with Crippen molar-refractivity contribution in [2.24, 2.45) is 7.05 Å². The molecule has 1 atom stereocenters. The van der Waals surface area contributed by atoms with Crippen LogP contribution in [-0.2, 0) is 24.8 Å². The van der Waals surface area contributed by atoms with E-state index in [1.54, 1.807) is 4.68 Å². The molecule has 0 aromatic carbocycles. The zero-order chi connectivity index (χ0) is 20.5. The number of aryl methyl sites for hydroxylation is 2. The maximum Gasteiger partial charge on any atom is 0.274 e. The summed E-state index contributed by atoms with van der Waals surface area (Å²) in [4.78, 5) is 29.2. The van der Waals surface area contributed by atoms with Gasteiger partial charge in [0.15, 0.2) is 11.5 Å². The normalized spacial score (nSPS) is 19.8. The molecule has 0 saturated carbocycles. The smallest absolute Gasteiger partial charge is 0.274 e. The zero-order valence-corrected chi connectivity index (χ0v) is 17.5. The molecule has 1 saturated heterocycles. The molecule has 29 heavy (non-hydrogen) atoms. The minimum absolute atomic E-state index is 0.0156. The first-order valence-electron chi connectivity index (χ1n) is 10.5. The highest BCUT2D eigenvalue weighted by atomic mass is 16.2. The number of nitrogens with zero attached hydrogens (tertiary/aromatic N) is 7. The maximum absolute atomic E-state index is 12.9. The summed E-state index contributed by atoms with van der Waals surface area (Å²) in [6.07, 6.45) is 4.20. The highest BCUT2D eigenvalue weighted by Gasteiger charge is 2.33. The van der Waals surface area contributed by atoms with Crippen LogP contribution in [0.3, 0.4) is 0 Å². The van der Waals surface area contributed by atoms with Crippen molar-refractivity contribution in [3.05, 3.63) is 29.1 Å². The van der Waals surface area contributed by atoms with Gasteiger partial charge >= 0.3 is 0 Å². The Morgan fingerprint density at radius 3 is 2.69 bits per heavy atom. The lowest BCUT2D eigenvalue weighted by molar-refractivity contribution is -0.135. The average molecular weight is 399 g/mol. The molecule has 1 unspecified atom stereocenters. The molecule has 0 aliphatic carbocycles. The molecule has 2 aliphatic heterocycles. The Balaban J connectivity index is 1.53. The van der Waals surface area contributed by atoms with Gasteiger partial charge in [0.1, 0.15) is 5.82 Å². The van der Waals surface area contributed by atoms with E-state index in [0.29, 0.717) is 38.2 Å². The quantitative estimate of drug-likeness (QED) is 0.780. The maximum atomic E-state index is 12.9. The third-order valence-corrected chi connectivity index (χ3v) is 6.10. The Labute approximate surface area is 170 Å². The highest BCUT2D eigenvalue weighted by Crippen LogP contribution is 2.31. The largest absolute Gasteiger partial charge is 0.335 e. The van der Waals surface area contributed by atoms with E-state index in [2.05, 4.69) is 19.9 Å². The fourth-order valence-corrected chi connectivity index (χ4v) is 4.32. The summed E-state index contributed by atoms with van der Waals surface area (Å²) >= 11 is 0. The van der Waals surface area contributed by atoms with Crippen molar-refractivity contribution in [3.8, 4) is 0 Å². The summed E-state index contributed by atoms with van der Waals surface area (Å²) in [5.41, 5.74) is 1.44. The summed E-state index contributed by atoms with van der Waals surface area (Å²) in [6, 6.07) is 1.81. The van der Waals surface area contributed by atoms with Gasteiger partial charge in [-0.1, -0.05) is 6.92 Å². The van der Waals surface area contributed by atoms with Crippen molar-refractivity contribution < 1.29 is 9.59 Å². The van der Waals surface area contributed by atoms with Gasteiger partial charge in [-0.3, -0.25) is 14.3 Å². The Bertz CT molecular complexity index is 897. The number of hydrogen-bond donors (Lipinski definition) is 0. The first kappa shape index (κ1) is 19.6. The van der Waals surface area contributed by atoms with Gasteiger partial charge in [0, 0.05) is 51.8 Å². The van der Waals surface area contributed by atoms with Crippen LogP contribution in [0.2, 0.25) is 0 Å². The van der Waals surface area contributed by atoms with Crippen LogP contribution in [0.5, 0.6) is 0 Å². The topological polar surface area (TPSA) is 89.2 Å². The van der Waals surface area contributed by atoms with E-state index in [-0.39, 0.29) is 17.9 Å². The third-order valence-electron chi connectivity index (χ3n) is 6.10. The predicted molar refractivity (Wildman–Crippen MR) is 106 cm³/mol. The van der Waals surface area contributed by atoms with Gasteiger partial charge in [-0.15, -0.1) is 10.2 Å². The van der Waals surface area contributed by atoms with E-state index in [1.807, 2.05) is 36.8 Å². The molecule has 2 aromatic heterocycles. The summed E-state index contributed by atoms with van der Waals surface area (Å²) in [6.45, 7) is 6.44. The molecule has 0 radical (unpaired) electrons. The molecule has 9 nitrogen and oxygen atoms in total. The number of fused-ring (bicyclic) bond motifs is 1. The molecule has 4 heterocycles. The summed E-state index contributed by atoms with van der Waals surface area (Å²) in [5, 5.41) is 13.2. The standard InChI is InChI=1S/C20H29N7O2/c1-4-18(28)26-9-6-5-7-16(26)19-22-21-17-8-10-25(11-12-27(17)19)20(29)15-13-14(2)24(3)23-15/h13,16H,4-12H2,1-3H3. The summed E-state index contributed by atoms with van der Waals surface area (Å²) < 4.78 is 3.85. The number of aromatic nitrogens is 5. The van der Waals surface area contributed by atoms with Crippen LogP contribution in [0.25, 0.3) is 0 Å². The van der Waals surface area contributed by atoms with Gasteiger partial charge in [-0.2, -0.15) is 5.10 Å². The van der Waals surface area contributed by atoms with Crippen molar-refractivity contribution in [2.45, 2.75) is 58.5 Å². The molecule has 0 spiro atoms. The van der Waals surface area contributed by atoms with Crippen LogP contribution < -0.4 is 0 Å². The summed E-state index contributed by atoms with van der Waals surface area (Å²) in [5.74, 6) is 1.88. The second-order valence-corrected chi connectivity index (χ2v) is 7.92. The number of likely N-dealkylation sites (tertiary alicyclic amines) is 1. The minimum atomic E-state index is -0.0468. The Kier molecular flexibility index (Phi) is 5.38. The SMILES string of the molecule is CCC(=O)N1CCCCC1c1nnc2n1CCN(C(=O)c1cc(C)n(C)n1)CC2. The van der Waals surface area contributed by atoms with Crippen molar-refractivity contribution in [3.63, 3.8) is 0 Å². The lowest BCUT2D eigenvalue weighted by Gasteiger charge is -2.35. The third kappa shape index (κ3) is 3.65. The van der Waals surface area contributed by atoms with Crippen molar-refractivity contribution in [2.75, 3.05) is 19.6 Å². The van der Waals surface area contributed by atoms with Crippen LogP contribution in [-0.4, -0.2) is 65.8 Å². The number of rotatable bonds is 3. The minimum Gasteiger partial charge on any atom is -0.335 e. The van der Waals surface area contributed by atoms with Crippen LogP contribution >= 0.6 is 0 Å². The van der Waals surface area contributed by atoms with E-state index in [0.717, 1.165) is 43.1 Å². The Hall–Kier alpha value is -2.71. The lowest BCUT2D eigenvalue weighted by Crippen LogP contribution is -2.39. The van der Waals surface area contributed by atoms with E-state index < -0.39 is 0 Å². The van der Waals surface area contributed by atoms with Gasteiger partial charge in [0.25, 0.3) is 5.91 Å². The fourth-order valence-electron chi connectivity index (χ4n) is 4.32. The van der Waals surface area contributed by atoms with Gasteiger partial charge in [0.2, 0.25) is 5.91 Å². The Morgan fingerprint density at radius 1 is 1.14 bits per heavy atom. The van der Waals surface area contributed by atoms with E-state index in [9.17, 15) is 9.59 Å². The molecule has 4 rings (SSSR count). The predicted octanol–water partition coefficient (Wildman–Crippen LogP) is 1.48. The summed E-state index contributed by atoms with van der Waals surface area (Å²) in [7, 11) is 1.84. The van der Waals surface area contributed by atoms with Crippen LogP contribution in [0.4, 0.5) is 0 Å².